The van der Waals surface area contributed by atoms with Crippen molar-refractivity contribution in [2.75, 3.05) is 7.11 Å². The molecule has 0 saturated heterocycles. The molecule has 2 aromatic rings. The highest BCUT2D eigenvalue weighted by Crippen LogP contribution is 2.30. The zero-order chi connectivity index (χ0) is 15.2. The van der Waals surface area contributed by atoms with E-state index in [0.29, 0.717) is 5.75 Å². The Morgan fingerprint density at radius 3 is 2.38 bits per heavy atom. The predicted molar refractivity (Wildman–Crippen MR) is 84.7 cm³/mol. The zero-order valence-electron chi connectivity index (χ0n) is 11.9. The molecule has 2 rings (SSSR count). The monoisotopic (exact) mass is 282 g/mol. The summed E-state index contributed by atoms with van der Waals surface area (Å²) >= 11 is 0. The predicted octanol–water partition coefficient (Wildman–Crippen LogP) is 4.09. The summed E-state index contributed by atoms with van der Waals surface area (Å²) in [5.41, 5.74) is 1.91. The van der Waals surface area contributed by atoms with Crippen molar-refractivity contribution in [3.05, 3.63) is 72.3 Å². The summed E-state index contributed by atoms with van der Waals surface area (Å²) < 4.78 is 5.04. The number of rotatable bonds is 5. The van der Waals surface area contributed by atoms with Crippen molar-refractivity contribution < 1.29 is 14.9 Å². The minimum atomic E-state index is -0.0180. The molecule has 1 unspecified atom stereocenters. The van der Waals surface area contributed by atoms with E-state index in [1.54, 1.807) is 30.3 Å². The van der Waals surface area contributed by atoms with Gasteiger partial charge in [0.1, 0.15) is 5.75 Å². The number of methoxy groups -OCH3 is 1. The lowest BCUT2D eigenvalue weighted by molar-refractivity contribution is 0.373. The van der Waals surface area contributed by atoms with Gasteiger partial charge in [0.2, 0.25) is 0 Å². The third-order valence-corrected chi connectivity index (χ3v) is 3.23. The maximum Gasteiger partial charge on any atom is 0.160 e. The van der Waals surface area contributed by atoms with E-state index in [2.05, 4.69) is 6.58 Å². The molecule has 0 saturated carbocycles. The summed E-state index contributed by atoms with van der Waals surface area (Å²) in [6.45, 7) is 3.83. The molecule has 0 aliphatic rings. The SMILES string of the molecule is C=CC(/C=C/c1ccc(O)cc1)c1ccc(OC)c(O)c1. The van der Waals surface area contributed by atoms with Gasteiger partial charge in [-0.2, -0.15) is 0 Å². The van der Waals surface area contributed by atoms with Crippen LogP contribution in [0, 0.1) is 0 Å². The van der Waals surface area contributed by atoms with E-state index < -0.39 is 0 Å². The van der Waals surface area contributed by atoms with Gasteiger partial charge in [-0.1, -0.05) is 36.4 Å². The first-order valence-corrected chi connectivity index (χ1v) is 6.60. The lowest BCUT2D eigenvalue weighted by Gasteiger charge is -2.10. The molecule has 2 N–H and O–H groups in total. The van der Waals surface area contributed by atoms with E-state index >= 15 is 0 Å². The Morgan fingerprint density at radius 2 is 1.81 bits per heavy atom. The molecular weight excluding hydrogens is 264 g/mol. The molecule has 0 aliphatic heterocycles. The number of hydrogen-bond donors (Lipinski definition) is 2. The van der Waals surface area contributed by atoms with Gasteiger partial charge < -0.3 is 14.9 Å². The fourth-order valence-electron chi connectivity index (χ4n) is 2.04. The van der Waals surface area contributed by atoms with Crippen LogP contribution in [0.25, 0.3) is 6.08 Å². The lowest BCUT2D eigenvalue weighted by Crippen LogP contribution is -1.92. The molecule has 21 heavy (non-hydrogen) atoms. The van der Waals surface area contributed by atoms with Gasteiger partial charge in [-0.15, -0.1) is 6.58 Å². The first-order valence-electron chi connectivity index (χ1n) is 6.60. The van der Waals surface area contributed by atoms with Gasteiger partial charge >= 0.3 is 0 Å². The first-order chi connectivity index (χ1) is 10.1. The molecule has 0 heterocycles. The number of ether oxygens (including phenoxy) is 1. The van der Waals surface area contributed by atoms with Crippen molar-refractivity contribution in [2.45, 2.75) is 5.92 Å². The summed E-state index contributed by atoms with van der Waals surface area (Å²) in [7, 11) is 1.52. The molecule has 0 spiro atoms. The minimum absolute atomic E-state index is 0.0180. The Morgan fingerprint density at radius 1 is 1.10 bits per heavy atom. The van der Waals surface area contributed by atoms with Crippen molar-refractivity contribution in [1.82, 2.24) is 0 Å². The molecule has 2 aromatic carbocycles. The second-order valence-electron chi connectivity index (χ2n) is 4.64. The average Bonchev–Trinajstić information content (AvgIpc) is 2.50. The number of phenolic OH excluding ortho intramolecular Hbond substituents is 2. The maximum atomic E-state index is 9.84. The molecule has 108 valence electrons. The second kappa shape index (κ2) is 6.66. The van der Waals surface area contributed by atoms with Crippen LogP contribution in [-0.2, 0) is 0 Å². The molecule has 3 heteroatoms. The summed E-state index contributed by atoms with van der Waals surface area (Å²) in [6, 6.07) is 12.2. The van der Waals surface area contributed by atoms with Crippen LogP contribution in [0.3, 0.4) is 0 Å². The van der Waals surface area contributed by atoms with Crippen molar-refractivity contribution in [3.63, 3.8) is 0 Å². The van der Waals surface area contributed by atoms with E-state index in [0.717, 1.165) is 11.1 Å². The van der Waals surface area contributed by atoms with Crippen LogP contribution in [0.2, 0.25) is 0 Å². The fourth-order valence-corrected chi connectivity index (χ4v) is 2.04. The normalized spacial score (nSPS) is 12.2. The van der Waals surface area contributed by atoms with E-state index in [-0.39, 0.29) is 17.4 Å². The van der Waals surface area contributed by atoms with Gasteiger partial charge in [-0.25, -0.2) is 0 Å². The summed E-state index contributed by atoms with van der Waals surface area (Å²) in [4.78, 5) is 0. The van der Waals surface area contributed by atoms with Crippen LogP contribution in [0.1, 0.15) is 17.0 Å². The van der Waals surface area contributed by atoms with E-state index in [1.807, 2.05) is 30.4 Å². The molecule has 3 nitrogen and oxygen atoms in total. The maximum absolute atomic E-state index is 9.84. The van der Waals surface area contributed by atoms with Crippen molar-refractivity contribution in [1.29, 1.82) is 0 Å². The Hall–Kier alpha value is -2.68. The number of allylic oxidation sites excluding steroid dienone is 2. The van der Waals surface area contributed by atoms with Crippen LogP contribution >= 0.6 is 0 Å². The molecule has 0 radical (unpaired) electrons. The number of phenols is 2. The van der Waals surface area contributed by atoms with Gasteiger partial charge in [-0.3, -0.25) is 0 Å². The minimum Gasteiger partial charge on any atom is -0.508 e. The summed E-state index contributed by atoms with van der Waals surface area (Å²) in [5, 5.41) is 19.1. The molecule has 0 amide bonds. The van der Waals surface area contributed by atoms with Crippen LogP contribution in [0.15, 0.2) is 61.2 Å². The molecule has 0 bridgehead atoms. The van der Waals surface area contributed by atoms with Gasteiger partial charge in [0.05, 0.1) is 7.11 Å². The van der Waals surface area contributed by atoms with Crippen molar-refractivity contribution in [3.8, 4) is 17.2 Å². The molecule has 0 aromatic heterocycles. The zero-order valence-corrected chi connectivity index (χ0v) is 11.9. The van der Waals surface area contributed by atoms with Crippen LogP contribution < -0.4 is 4.74 Å². The van der Waals surface area contributed by atoms with Crippen LogP contribution in [0.4, 0.5) is 0 Å². The standard InChI is InChI=1S/C18H18O3/c1-3-14(7-4-13-5-9-16(19)10-6-13)15-8-11-18(21-2)17(20)12-15/h3-12,14,19-20H,1H2,2H3/b7-4+. The lowest BCUT2D eigenvalue weighted by atomic mass is 9.97. The largest absolute Gasteiger partial charge is 0.508 e. The molecular formula is C18H18O3. The molecule has 1 atom stereocenters. The Labute approximate surface area is 124 Å². The summed E-state index contributed by atoms with van der Waals surface area (Å²) in [6.07, 6.45) is 5.74. The smallest absolute Gasteiger partial charge is 0.160 e. The third-order valence-electron chi connectivity index (χ3n) is 3.23. The molecule has 0 fully saturated rings. The quantitative estimate of drug-likeness (QED) is 0.812. The van der Waals surface area contributed by atoms with Crippen LogP contribution in [-0.4, -0.2) is 17.3 Å². The molecule has 0 aliphatic carbocycles. The van der Waals surface area contributed by atoms with Gasteiger partial charge in [0.25, 0.3) is 0 Å². The fraction of sp³-hybridized carbons (Fsp3) is 0.111. The number of benzene rings is 2. The van der Waals surface area contributed by atoms with Crippen LogP contribution in [0.5, 0.6) is 17.2 Å². The highest BCUT2D eigenvalue weighted by Gasteiger charge is 2.08. The van der Waals surface area contributed by atoms with Crippen molar-refractivity contribution >= 4 is 6.08 Å². The number of hydrogen-bond acceptors (Lipinski definition) is 3. The Balaban J connectivity index is 2.21. The highest BCUT2D eigenvalue weighted by molar-refractivity contribution is 5.53. The first kappa shape index (κ1) is 14.7. The average molecular weight is 282 g/mol. The number of aromatic hydroxyl groups is 2. The van der Waals surface area contributed by atoms with Gasteiger partial charge in [0.15, 0.2) is 11.5 Å². The van der Waals surface area contributed by atoms with E-state index in [9.17, 15) is 10.2 Å². The second-order valence-corrected chi connectivity index (χ2v) is 4.64. The van der Waals surface area contributed by atoms with Crippen molar-refractivity contribution in [2.24, 2.45) is 0 Å². The Kier molecular flexibility index (Phi) is 4.67. The third kappa shape index (κ3) is 3.66. The van der Waals surface area contributed by atoms with Gasteiger partial charge in [0, 0.05) is 5.92 Å². The van der Waals surface area contributed by atoms with Gasteiger partial charge in [-0.05, 0) is 35.4 Å². The van der Waals surface area contributed by atoms with E-state index in [1.165, 1.54) is 7.11 Å². The van der Waals surface area contributed by atoms with E-state index in [4.69, 9.17) is 4.74 Å². The summed E-state index contributed by atoms with van der Waals surface area (Å²) in [5.74, 6) is 0.784. The highest BCUT2D eigenvalue weighted by atomic mass is 16.5. The Bertz CT molecular complexity index is 642. The topological polar surface area (TPSA) is 49.7 Å².